The fourth-order valence-corrected chi connectivity index (χ4v) is 4.40. The molecule has 3 nitrogen and oxygen atoms in total. The van der Waals surface area contributed by atoms with Gasteiger partial charge in [-0.2, -0.15) is 0 Å². The first-order valence-corrected chi connectivity index (χ1v) is 11.9. The largest absolute Gasteiger partial charge is 0.325 e. The van der Waals surface area contributed by atoms with Crippen molar-refractivity contribution in [1.82, 2.24) is 9.97 Å². The van der Waals surface area contributed by atoms with E-state index in [2.05, 4.69) is 119 Å². The Morgan fingerprint density at radius 3 is 2.06 bits per heavy atom. The number of hydrogen-bond donors (Lipinski definition) is 1. The molecule has 0 atom stereocenters. The summed E-state index contributed by atoms with van der Waals surface area (Å²) in [6.45, 7) is 15.7. The molecule has 0 aliphatic rings. The molecule has 1 N–H and O–H groups in total. The van der Waals surface area contributed by atoms with E-state index in [4.69, 9.17) is 4.98 Å². The molecular formula is C30H35N3. The van der Waals surface area contributed by atoms with E-state index in [0.29, 0.717) is 11.8 Å². The minimum atomic E-state index is 0.0724. The average molecular weight is 438 g/mol. The second-order valence-corrected chi connectivity index (χ2v) is 10.5. The van der Waals surface area contributed by atoms with E-state index >= 15 is 0 Å². The van der Waals surface area contributed by atoms with Crippen molar-refractivity contribution >= 4 is 22.5 Å². The number of nitrogens with zero attached hydrogens (tertiary/aromatic N) is 2. The third-order valence-corrected chi connectivity index (χ3v) is 6.26. The van der Waals surface area contributed by atoms with Gasteiger partial charge >= 0.3 is 0 Å². The average Bonchev–Trinajstić information content (AvgIpc) is 2.77. The molecule has 0 saturated heterocycles. The van der Waals surface area contributed by atoms with Gasteiger partial charge in [0.2, 0.25) is 0 Å². The second-order valence-electron chi connectivity index (χ2n) is 10.5. The summed E-state index contributed by atoms with van der Waals surface area (Å²) >= 11 is 0. The predicted octanol–water partition coefficient (Wildman–Crippen LogP) is 8.58. The van der Waals surface area contributed by atoms with E-state index in [-0.39, 0.29) is 5.41 Å². The highest BCUT2D eigenvalue weighted by Crippen LogP contribution is 2.39. The van der Waals surface area contributed by atoms with E-state index in [1.54, 1.807) is 0 Å². The summed E-state index contributed by atoms with van der Waals surface area (Å²) in [5.41, 5.74) is 7.69. The molecule has 2 aromatic carbocycles. The van der Waals surface area contributed by atoms with Gasteiger partial charge in [0.05, 0.1) is 5.52 Å². The van der Waals surface area contributed by atoms with Gasteiger partial charge in [0.25, 0.3) is 0 Å². The zero-order valence-electron chi connectivity index (χ0n) is 20.9. The first-order valence-electron chi connectivity index (χ1n) is 11.9. The number of hydrogen-bond acceptors (Lipinski definition) is 3. The molecule has 4 aromatic rings. The van der Waals surface area contributed by atoms with Crippen LogP contribution in [-0.2, 0) is 5.41 Å². The van der Waals surface area contributed by atoms with Gasteiger partial charge in [0.15, 0.2) is 0 Å². The Morgan fingerprint density at radius 2 is 1.42 bits per heavy atom. The summed E-state index contributed by atoms with van der Waals surface area (Å²) in [4.78, 5) is 9.45. The zero-order valence-corrected chi connectivity index (χ0v) is 20.9. The highest BCUT2D eigenvalue weighted by molar-refractivity contribution is 5.97. The van der Waals surface area contributed by atoms with Gasteiger partial charge in [0, 0.05) is 11.6 Å². The number of pyridine rings is 2. The van der Waals surface area contributed by atoms with Gasteiger partial charge in [-0.3, -0.25) is 0 Å². The molecule has 2 aromatic heterocycles. The first kappa shape index (κ1) is 23.0. The van der Waals surface area contributed by atoms with Crippen LogP contribution in [0.1, 0.15) is 77.0 Å². The molecule has 4 rings (SSSR count). The summed E-state index contributed by atoms with van der Waals surface area (Å²) in [6.07, 6.45) is 1.86. The van der Waals surface area contributed by atoms with Gasteiger partial charge in [-0.15, -0.1) is 0 Å². The van der Waals surface area contributed by atoms with Crippen LogP contribution in [0.4, 0.5) is 11.6 Å². The summed E-state index contributed by atoms with van der Waals surface area (Å²) in [6, 6.07) is 21.6. The van der Waals surface area contributed by atoms with Gasteiger partial charge in [-0.1, -0.05) is 78.8 Å². The van der Waals surface area contributed by atoms with E-state index in [9.17, 15) is 0 Å². The van der Waals surface area contributed by atoms with Crippen molar-refractivity contribution in [3.8, 4) is 11.1 Å². The molecule has 0 amide bonds. The van der Waals surface area contributed by atoms with Gasteiger partial charge in [0.1, 0.15) is 11.6 Å². The Balaban J connectivity index is 1.79. The molecular weight excluding hydrogens is 402 g/mol. The molecule has 0 bridgehead atoms. The van der Waals surface area contributed by atoms with E-state index in [1.807, 2.05) is 6.20 Å². The minimum absolute atomic E-state index is 0.0724. The lowest BCUT2D eigenvalue weighted by atomic mass is 9.84. The standard InChI is InChI=1S/C30H35N3/c1-19(2)22-10-8-11-23(20(3)4)29(22)25-12-9-13-26-24(25)14-15-27(32-26)33-28-18-21(16-17-31-28)30(5,6)7/h8-20H,1-7H3,(H,31,32,33). The molecule has 0 fully saturated rings. The summed E-state index contributed by atoms with van der Waals surface area (Å²) < 4.78 is 0. The van der Waals surface area contributed by atoms with Crippen molar-refractivity contribution in [2.75, 3.05) is 5.32 Å². The predicted molar refractivity (Wildman–Crippen MR) is 142 cm³/mol. The normalized spacial score (nSPS) is 12.0. The summed E-state index contributed by atoms with van der Waals surface area (Å²) in [5, 5.41) is 4.58. The van der Waals surface area contributed by atoms with Crippen molar-refractivity contribution in [3.05, 3.63) is 83.6 Å². The maximum atomic E-state index is 4.95. The zero-order chi connectivity index (χ0) is 23.8. The summed E-state index contributed by atoms with van der Waals surface area (Å²) in [7, 11) is 0. The molecule has 2 heterocycles. The molecule has 3 heteroatoms. The number of rotatable bonds is 5. The van der Waals surface area contributed by atoms with Crippen LogP contribution < -0.4 is 5.32 Å². The fraction of sp³-hybridized carbons (Fsp3) is 0.333. The van der Waals surface area contributed by atoms with Crippen molar-refractivity contribution in [1.29, 1.82) is 0 Å². The minimum Gasteiger partial charge on any atom is -0.325 e. The Morgan fingerprint density at radius 1 is 0.758 bits per heavy atom. The maximum absolute atomic E-state index is 4.95. The molecule has 0 unspecified atom stereocenters. The number of nitrogens with one attached hydrogen (secondary N) is 1. The lowest BCUT2D eigenvalue weighted by Crippen LogP contribution is -2.11. The maximum Gasteiger partial charge on any atom is 0.132 e. The van der Waals surface area contributed by atoms with Gasteiger partial charge in [-0.25, -0.2) is 9.97 Å². The van der Waals surface area contributed by atoms with Crippen molar-refractivity contribution < 1.29 is 0 Å². The third kappa shape index (κ3) is 4.78. The van der Waals surface area contributed by atoms with E-state index in [0.717, 1.165) is 17.2 Å². The lowest BCUT2D eigenvalue weighted by Gasteiger charge is -2.21. The SMILES string of the molecule is CC(C)c1cccc(C(C)C)c1-c1cccc2nc(Nc3cc(C(C)(C)C)ccn3)ccc12. The molecule has 0 saturated carbocycles. The second kappa shape index (κ2) is 8.97. The van der Waals surface area contributed by atoms with Crippen LogP contribution in [0, 0.1) is 0 Å². The molecule has 33 heavy (non-hydrogen) atoms. The van der Waals surface area contributed by atoms with Gasteiger partial charge < -0.3 is 5.32 Å². The lowest BCUT2D eigenvalue weighted by molar-refractivity contribution is 0.589. The molecule has 0 radical (unpaired) electrons. The smallest absolute Gasteiger partial charge is 0.132 e. The van der Waals surface area contributed by atoms with Crippen molar-refractivity contribution in [2.45, 2.75) is 65.7 Å². The first-order chi connectivity index (χ1) is 15.6. The highest BCUT2D eigenvalue weighted by Gasteiger charge is 2.18. The van der Waals surface area contributed by atoms with Crippen molar-refractivity contribution in [2.24, 2.45) is 0 Å². The summed E-state index contributed by atoms with van der Waals surface area (Å²) in [5.74, 6) is 2.52. The monoisotopic (exact) mass is 437 g/mol. The van der Waals surface area contributed by atoms with Gasteiger partial charge in [-0.05, 0) is 75.4 Å². The molecule has 0 aliphatic carbocycles. The quantitative estimate of drug-likeness (QED) is 0.340. The highest BCUT2D eigenvalue weighted by atomic mass is 15.0. The molecule has 0 spiro atoms. The van der Waals surface area contributed by atoms with Crippen LogP contribution >= 0.6 is 0 Å². The van der Waals surface area contributed by atoms with Crippen LogP contribution in [0.15, 0.2) is 66.9 Å². The molecule has 0 aliphatic heterocycles. The number of anilines is 2. The Bertz CT molecular complexity index is 1250. The topological polar surface area (TPSA) is 37.8 Å². The Labute approximate surface area is 198 Å². The Kier molecular flexibility index (Phi) is 6.25. The van der Waals surface area contributed by atoms with Crippen LogP contribution in [0.3, 0.4) is 0 Å². The molecule has 170 valence electrons. The third-order valence-electron chi connectivity index (χ3n) is 6.26. The number of aromatic nitrogens is 2. The number of fused-ring (bicyclic) bond motifs is 1. The van der Waals surface area contributed by atoms with Crippen LogP contribution in [0.5, 0.6) is 0 Å². The van der Waals surface area contributed by atoms with Crippen LogP contribution in [-0.4, -0.2) is 9.97 Å². The number of benzene rings is 2. The van der Waals surface area contributed by atoms with E-state index in [1.165, 1.54) is 33.2 Å². The van der Waals surface area contributed by atoms with Crippen LogP contribution in [0.2, 0.25) is 0 Å². The fourth-order valence-electron chi connectivity index (χ4n) is 4.40. The van der Waals surface area contributed by atoms with E-state index < -0.39 is 0 Å². The Hall–Kier alpha value is -3.20. The van der Waals surface area contributed by atoms with Crippen LogP contribution in [0.25, 0.3) is 22.0 Å². The van der Waals surface area contributed by atoms with Crippen molar-refractivity contribution in [3.63, 3.8) is 0 Å².